The number of hydrogen-bond donors (Lipinski definition) is 1. The molecule has 8 nitrogen and oxygen atoms in total. The van der Waals surface area contributed by atoms with E-state index < -0.39 is 6.04 Å². The van der Waals surface area contributed by atoms with Crippen LogP contribution in [0.3, 0.4) is 0 Å². The molecule has 0 aliphatic heterocycles. The first-order chi connectivity index (χ1) is 17.0. The summed E-state index contributed by atoms with van der Waals surface area (Å²) >= 11 is 0. The van der Waals surface area contributed by atoms with Crippen molar-refractivity contribution in [3.8, 4) is 0 Å². The Bertz CT molecular complexity index is 1380. The number of aryl methyl sites for hydroxylation is 2. The van der Waals surface area contributed by atoms with Crippen molar-refractivity contribution in [1.82, 2.24) is 19.6 Å². The van der Waals surface area contributed by atoms with Crippen molar-refractivity contribution < 1.29 is 9.32 Å². The van der Waals surface area contributed by atoms with Gasteiger partial charge >= 0.3 is 0 Å². The van der Waals surface area contributed by atoms with Gasteiger partial charge in [-0.2, -0.15) is 4.98 Å². The Hall–Kier alpha value is -3.78. The molecule has 8 heteroatoms. The van der Waals surface area contributed by atoms with Crippen molar-refractivity contribution >= 4 is 17.0 Å². The summed E-state index contributed by atoms with van der Waals surface area (Å²) in [5.74, 6) is 0.363. The van der Waals surface area contributed by atoms with E-state index in [0.29, 0.717) is 54.9 Å². The predicted octanol–water partition coefficient (Wildman–Crippen LogP) is 3.99. The SMILES string of the molecule is CCC(c1nc2onc(C)c2c(=O)n1Cc1ccccc1)N(CCCN)C(=O)c1ccccc1C. The second-order valence-electron chi connectivity index (χ2n) is 8.67. The molecule has 0 aliphatic carbocycles. The minimum Gasteiger partial charge on any atom is -0.335 e. The molecule has 0 saturated carbocycles. The summed E-state index contributed by atoms with van der Waals surface area (Å²) < 4.78 is 7.05. The van der Waals surface area contributed by atoms with E-state index in [-0.39, 0.29) is 17.2 Å². The van der Waals surface area contributed by atoms with Gasteiger partial charge in [0.05, 0.1) is 18.3 Å². The fourth-order valence-electron chi connectivity index (χ4n) is 4.43. The van der Waals surface area contributed by atoms with Gasteiger partial charge in [0, 0.05) is 12.1 Å². The molecule has 0 spiro atoms. The number of rotatable bonds is 9. The average molecular weight is 474 g/mol. The van der Waals surface area contributed by atoms with Crippen LogP contribution in [0.25, 0.3) is 11.1 Å². The molecule has 4 aromatic rings. The normalized spacial score (nSPS) is 12.1. The van der Waals surface area contributed by atoms with Crippen LogP contribution in [0, 0.1) is 13.8 Å². The first-order valence-electron chi connectivity index (χ1n) is 11.9. The fraction of sp³-hybridized carbons (Fsp3) is 0.333. The highest BCUT2D eigenvalue weighted by atomic mass is 16.5. The Morgan fingerprint density at radius 3 is 2.51 bits per heavy atom. The molecule has 2 aromatic carbocycles. The van der Waals surface area contributed by atoms with Gasteiger partial charge in [-0.05, 0) is 50.4 Å². The number of benzene rings is 2. The molecule has 182 valence electrons. The van der Waals surface area contributed by atoms with Crippen molar-refractivity contribution in [2.24, 2.45) is 5.73 Å². The van der Waals surface area contributed by atoms with E-state index >= 15 is 0 Å². The lowest BCUT2D eigenvalue weighted by Gasteiger charge is -2.32. The quantitative estimate of drug-likeness (QED) is 0.394. The maximum atomic E-state index is 13.8. The topological polar surface area (TPSA) is 107 Å². The number of hydrogen-bond acceptors (Lipinski definition) is 6. The molecule has 2 N–H and O–H groups in total. The van der Waals surface area contributed by atoms with Gasteiger partial charge in [0.15, 0.2) is 0 Å². The summed E-state index contributed by atoms with van der Waals surface area (Å²) in [5.41, 5.74) is 8.75. The van der Waals surface area contributed by atoms with Crippen LogP contribution in [-0.4, -0.2) is 38.6 Å². The van der Waals surface area contributed by atoms with E-state index in [2.05, 4.69) is 5.16 Å². The molecular formula is C27H31N5O3. The highest BCUT2D eigenvalue weighted by molar-refractivity contribution is 5.95. The Morgan fingerprint density at radius 1 is 1.11 bits per heavy atom. The number of carbonyl (C=O) groups is 1. The Balaban J connectivity index is 1.89. The van der Waals surface area contributed by atoms with E-state index in [1.807, 2.05) is 68.4 Å². The number of fused-ring (bicyclic) bond motifs is 1. The van der Waals surface area contributed by atoms with E-state index in [1.54, 1.807) is 16.4 Å². The Labute approximate surface area is 204 Å². The first kappa shape index (κ1) is 24.3. The average Bonchev–Trinajstić information content (AvgIpc) is 3.24. The molecule has 0 radical (unpaired) electrons. The number of carbonyl (C=O) groups excluding carboxylic acids is 1. The minimum absolute atomic E-state index is 0.113. The van der Waals surface area contributed by atoms with Gasteiger partial charge in [-0.1, -0.05) is 60.6 Å². The van der Waals surface area contributed by atoms with Crippen LogP contribution in [0.15, 0.2) is 63.9 Å². The number of amides is 1. The smallest absolute Gasteiger partial charge is 0.267 e. The third-order valence-corrected chi connectivity index (χ3v) is 6.28. The second kappa shape index (κ2) is 10.7. The van der Waals surface area contributed by atoms with Gasteiger partial charge in [0.2, 0.25) is 0 Å². The zero-order chi connectivity index (χ0) is 24.9. The van der Waals surface area contributed by atoms with Crippen molar-refractivity contribution in [2.75, 3.05) is 13.1 Å². The molecule has 0 fully saturated rings. The van der Waals surface area contributed by atoms with Gasteiger partial charge in [-0.3, -0.25) is 14.2 Å². The van der Waals surface area contributed by atoms with E-state index in [1.165, 1.54) is 0 Å². The number of nitrogens with two attached hydrogens (primary N) is 1. The zero-order valence-corrected chi connectivity index (χ0v) is 20.4. The zero-order valence-electron chi connectivity index (χ0n) is 20.4. The second-order valence-corrected chi connectivity index (χ2v) is 8.67. The molecular weight excluding hydrogens is 442 g/mol. The van der Waals surface area contributed by atoms with Gasteiger partial charge < -0.3 is 15.2 Å². The van der Waals surface area contributed by atoms with Gasteiger partial charge in [-0.25, -0.2) is 0 Å². The maximum Gasteiger partial charge on any atom is 0.267 e. The molecule has 1 amide bonds. The Morgan fingerprint density at radius 2 is 1.83 bits per heavy atom. The minimum atomic E-state index is -0.458. The summed E-state index contributed by atoms with van der Waals surface area (Å²) in [4.78, 5) is 34.0. The largest absolute Gasteiger partial charge is 0.335 e. The predicted molar refractivity (Wildman–Crippen MR) is 135 cm³/mol. The third kappa shape index (κ3) is 4.88. The lowest BCUT2D eigenvalue weighted by molar-refractivity contribution is 0.0654. The molecule has 1 atom stereocenters. The molecule has 2 heterocycles. The molecule has 1 unspecified atom stereocenters. The highest BCUT2D eigenvalue weighted by Gasteiger charge is 2.30. The standard InChI is InChI=1S/C27H31N5O3/c1-4-22(31(16-10-15-28)26(33)21-14-9-8-11-18(21)2)24-29-25-23(19(3)30-35-25)27(34)32(24)17-20-12-6-5-7-13-20/h5-9,11-14,22H,4,10,15-17,28H2,1-3H3. The summed E-state index contributed by atoms with van der Waals surface area (Å²) in [6.07, 6.45) is 1.18. The molecule has 0 saturated heterocycles. The fourth-order valence-corrected chi connectivity index (χ4v) is 4.43. The maximum absolute atomic E-state index is 13.8. The van der Waals surface area contributed by atoms with Crippen LogP contribution in [-0.2, 0) is 6.54 Å². The Kier molecular flexibility index (Phi) is 7.41. The van der Waals surface area contributed by atoms with Crippen molar-refractivity contribution in [1.29, 1.82) is 0 Å². The summed E-state index contributed by atoms with van der Waals surface area (Å²) in [5, 5.41) is 4.33. The number of aromatic nitrogens is 3. The monoisotopic (exact) mass is 473 g/mol. The van der Waals surface area contributed by atoms with Crippen LogP contribution >= 0.6 is 0 Å². The lowest BCUT2D eigenvalue weighted by Crippen LogP contribution is -2.40. The van der Waals surface area contributed by atoms with Crippen molar-refractivity contribution in [3.05, 3.63) is 93.2 Å². The van der Waals surface area contributed by atoms with E-state index in [9.17, 15) is 9.59 Å². The van der Waals surface area contributed by atoms with Crippen LogP contribution in [0.1, 0.15) is 58.8 Å². The van der Waals surface area contributed by atoms with Crippen molar-refractivity contribution in [2.45, 2.75) is 46.2 Å². The molecule has 0 aliphatic rings. The lowest BCUT2D eigenvalue weighted by atomic mass is 10.0. The van der Waals surface area contributed by atoms with Crippen LogP contribution in [0.5, 0.6) is 0 Å². The summed E-state index contributed by atoms with van der Waals surface area (Å²) in [6, 6.07) is 16.8. The number of nitrogens with zero attached hydrogens (tertiary/aromatic N) is 4. The van der Waals surface area contributed by atoms with Crippen LogP contribution in [0.4, 0.5) is 0 Å². The molecule has 35 heavy (non-hydrogen) atoms. The van der Waals surface area contributed by atoms with Gasteiger partial charge in [0.1, 0.15) is 11.2 Å². The van der Waals surface area contributed by atoms with Crippen LogP contribution in [0.2, 0.25) is 0 Å². The van der Waals surface area contributed by atoms with E-state index in [4.69, 9.17) is 15.2 Å². The molecule has 0 bridgehead atoms. The van der Waals surface area contributed by atoms with E-state index in [0.717, 1.165) is 11.1 Å². The van der Waals surface area contributed by atoms with Gasteiger partial charge in [-0.15, -0.1) is 0 Å². The molecule has 4 rings (SSSR count). The third-order valence-electron chi connectivity index (χ3n) is 6.28. The highest BCUT2D eigenvalue weighted by Crippen LogP contribution is 2.27. The van der Waals surface area contributed by atoms with Crippen molar-refractivity contribution in [3.63, 3.8) is 0 Å². The molecule has 2 aromatic heterocycles. The summed E-state index contributed by atoms with van der Waals surface area (Å²) in [7, 11) is 0. The summed E-state index contributed by atoms with van der Waals surface area (Å²) in [6.45, 7) is 6.84. The first-order valence-corrected chi connectivity index (χ1v) is 11.9. The van der Waals surface area contributed by atoms with Gasteiger partial charge in [0.25, 0.3) is 17.2 Å². The van der Waals surface area contributed by atoms with Crippen LogP contribution < -0.4 is 11.3 Å².